The van der Waals surface area contributed by atoms with Gasteiger partial charge in [0.1, 0.15) is 0 Å². The number of nitrogens with one attached hydrogen (secondary N) is 1. The quantitative estimate of drug-likeness (QED) is 0.794. The molecule has 0 amide bonds. The molecule has 82 valence electrons. The number of hydrogen-bond acceptors (Lipinski definition) is 2. The highest BCUT2D eigenvalue weighted by atomic mass is 14.9. The van der Waals surface area contributed by atoms with Crippen molar-refractivity contribution in [3.63, 3.8) is 0 Å². The van der Waals surface area contributed by atoms with E-state index in [2.05, 4.69) is 36.5 Å². The number of aryl methyl sites for hydroxylation is 1. The molecule has 0 heterocycles. The Bertz CT molecular complexity index is 305. The molecule has 0 saturated heterocycles. The fourth-order valence-electron chi connectivity index (χ4n) is 2.37. The first kappa shape index (κ1) is 10.5. The van der Waals surface area contributed by atoms with Crippen LogP contribution in [0.1, 0.15) is 24.8 Å². The molecule has 0 aromatic heterocycles. The lowest BCUT2D eigenvalue weighted by Gasteiger charge is -2.20. The van der Waals surface area contributed by atoms with Crippen LogP contribution in [0.4, 0.5) is 5.69 Å². The predicted octanol–water partition coefficient (Wildman–Crippen LogP) is 2.53. The minimum Gasteiger partial charge on any atom is -0.382 e. The zero-order valence-corrected chi connectivity index (χ0v) is 9.37. The Morgan fingerprint density at radius 1 is 1.27 bits per heavy atom. The monoisotopic (exact) mass is 204 g/mol. The van der Waals surface area contributed by atoms with Crippen molar-refractivity contribution in [2.45, 2.75) is 32.2 Å². The first-order chi connectivity index (χ1) is 7.29. The molecule has 0 spiro atoms. The minimum absolute atomic E-state index is 0.581. The average molecular weight is 204 g/mol. The van der Waals surface area contributed by atoms with Crippen LogP contribution in [0.2, 0.25) is 0 Å². The molecule has 1 saturated carbocycles. The van der Waals surface area contributed by atoms with E-state index in [4.69, 9.17) is 5.73 Å². The molecule has 1 fully saturated rings. The SMILES string of the molecule is Cc1ccc(NC2CCCC2CN)cc1. The van der Waals surface area contributed by atoms with Gasteiger partial charge in [0.25, 0.3) is 0 Å². The van der Waals surface area contributed by atoms with Crippen molar-refractivity contribution >= 4 is 5.69 Å². The second-order valence-corrected chi connectivity index (χ2v) is 4.54. The van der Waals surface area contributed by atoms with Crippen molar-refractivity contribution in [1.82, 2.24) is 0 Å². The van der Waals surface area contributed by atoms with Crippen molar-refractivity contribution in [3.8, 4) is 0 Å². The van der Waals surface area contributed by atoms with Crippen molar-refractivity contribution in [3.05, 3.63) is 29.8 Å². The molecule has 1 aromatic carbocycles. The van der Waals surface area contributed by atoms with Gasteiger partial charge in [0.05, 0.1) is 0 Å². The minimum atomic E-state index is 0.581. The van der Waals surface area contributed by atoms with E-state index in [-0.39, 0.29) is 0 Å². The first-order valence-electron chi connectivity index (χ1n) is 5.83. The van der Waals surface area contributed by atoms with Crippen molar-refractivity contribution in [2.24, 2.45) is 11.7 Å². The van der Waals surface area contributed by atoms with Crippen molar-refractivity contribution in [2.75, 3.05) is 11.9 Å². The highest BCUT2D eigenvalue weighted by molar-refractivity contribution is 5.45. The fourth-order valence-corrected chi connectivity index (χ4v) is 2.37. The molecule has 2 unspecified atom stereocenters. The summed E-state index contributed by atoms with van der Waals surface area (Å²) in [6.07, 6.45) is 3.85. The maximum atomic E-state index is 5.76. The third-order valence-corrected chi connectivity index (χ3v) is 3.37. The van der Waals surface area contributed by atoms with Crippen LogP contribution in [0.15, 0.2) is 24.3 Å². The van der Waals surface area contributed by atoms with Gasteiger partial charge >= 0.3 is 0 Å². The van der Waals surface area contributed by atoms with Gasteiger partial charge in [-0.15, -0.1) is 0 Å². The topological polar surface area (TPSA) is 38.0 Å². The number of anilines is 1. The molecule has 2 atom stereocenters. The Kier molecular flexibility index (Phi) is 3.27. The molecule has 2 rings (SSSR count). The Labute approximate surface area is 91.9 Å². The second-order valence-electron chi connectivity index (χ2n) is 4.54. The smallest absolute Gasteiger partial charge is 0.0342 e. The van der Waals surface area contributed by atoms with Crippen LogP contribution in [-0.2, 0) is 0 Å². The highest BCUT2D eigenvalue weighted by Crippen LogP contribution is 2.27. The third-order valence-electron chi connectivity index (χ3n) is 3.37. The van der Waals surface area contributed by atoms with E-state index in [0.717, 1.165) is 6.54 Å². The van der Waals surface area contributed by atoms with E-state index in [9.17, 15) is 0 Å². The molecule has 1 aromatic rings. The summed E-state index contributed by atoms with van der Waals surface area (Å²) >= 11 is 0. The summed E-state index contributed by atoms with van der Waals surface area (Å²) in [5.41, 5.74) is 8.30. The van der Waals surface area contributed by atoms with Crippen LogP contribution in [0, 0.1) is 12.8 Å². The molecular formula is C13H20N2. The van der Waals surface area contributed by atoms with Gasteiger partial charge < -0.3 is 11.1 Å². The standard InChI is InChI=1S/C13H20N2/c1-10-5-7-12(8-6-10)15-13-4-2-3-11(13)9-14/h5-8,11,13,15H,2-4,9,14H2,1H3. The lowest BCUT2D eigenvalue weighted by atomic mass is 10.0. The fraction of sp³-hybridized carbons (Fsp3) is 0.538. The van der Waals surface area contributed by atoms with Crippen LogP contribution in [-0.4, -0.2) is 12.6 Å². The summed E-state index contributed by atoms with van der Waals surface area (Å²) in [5.74, 6) is 0.659. The van der Waals surface area contributed by atoms with E-state index in [0.29, 0.717) is 12.0 Å². The number of rotatable bonds is 3. The van der Waals surface area contributed by atoms with Crippen LogP contribution < -0.4 is 11.1 Å². The summed E-state index contributed by atoms with van der Waals surface area (Å²) in [6, 6.07) is 9.18. The van der Waals surface area contributed by atoms with E-state index >= 15 is 0 Å². The molecule has 2 heteroatoms. The number of hydrogen-bond donors (Lipinski definition) is 2. The number of nitrogens with two attached hydrogens (primary N) is 1. The summed E-state index contributed by atoms with van der Waals surface area (Å²) in [7, 11) is 0. The van der Waals surface area contributed by atoms with Gasteiger partial charge in [-0.25, -0.2) is 0 Å². The van der Waals surface area contributed by atoms with Gasteiger partial charge in [0.2, 0.25) is 0 Å². The highest BCUT2D eigenvalue weighted by Gasteiger charge is 2.25. The van der Waals surface area contributed by atoms with Crippen LogP contribution in [0.25, 0.3) is 0 Å². The van der Waals surface area contributed by atoms with Crippen LogP contribution in [0.5, 0.6) is 0 Å². The van der Waals surface area contributed by atoms with Crippen LogP contribution in [0.3, 0.4) is 0 Å². The summed E-state index contributed by atoms with van der Waals surface area (Å²) in [6.45, 7) is 2.92. The van der Waals surface area contributed by atoms with E-state index in [1.165, 1.54) is 30.5 Å². The predicted molar refractivity (Wildman–Crippen MR) is 65.0 cm³/mol. The van der Waals surface area contributed by atoms with Gasteiger partial charge in [0, 0.05) is 11.7 Å². The molecule has 1 aliphatic rings. The largest absolute Gasteiger partial charge is 0.382 e. The second kappa shape index (κ2) is 4.67. The Morgan fingerprint density at radius 2 is 2.00 bits per heavy atom. The Morgan fingerprint density at radius 3 is 2.67 bits per heavy atom. The van der Waals surface area contributed by atoms with Crippen molar-refractivity contribution < 1.29 is 0 Å². The molecule has 2 nitrogen and oxygen atoms in total. The molecule has 0 aliphatic heterocycles. The maximum absolute atomic E-state index is 5.76. The van der Waals surface area contributed by atoms with E-state index < -0.39 is 0 Å². The Balaban J connectivity index is 1.99. The van der Waals surface area contributed by atoms with Gasteiger partial charge in [-0.2, -0.15) is 0 Å². The molecular weight excluding hydrogens is 184 g/mol. The lowest BCUT2D eigenvalue weighted by molar-refractivity contribution is 0.516. The van der Waals surface area contributed by atoms with E-state index in [1.807, 2.05) is 0 Å². The maximum Gasteiger partial charge on any atom is 0.0342 e. The molecule has 0 bridgehead atoms. The van der Waals surface area contributed by atoms with Gasteiger partial charge in [-0.1, -0.05) is 24.1 Å². The normalized spacial score (nSPS) is 25.5. The zero-order chi connectivity index (χ0) is 10.7. The lowest BCUT2D eigenvalue weighted by Crippen LogP contribution is -2.29. The summed E-state index contributed by atoms with van der Waals surface area (Å²) in [4.78, 5) is 0. The molecule has 0 radical (unpaired) electrons. The number of benzene rings is 1. The molecule has 15 heavy (non-hydrogen) atoms. The van der Waals surface area contributed by atoms with Gasteiger partial charge in [-0.3, -0.25) is 0 Å². The van der Waals surface area contributed by atoms with E-state index in [1.54, 1.807) is 0 Å². The van der Waals surface area contributed by atoms with Gasteiger partial charge in [0.15, 0.2) is 0 Å². The first-order valence-corrected chi connectivity index (χ1v) is 5.83. The average Bonchev–Trinajstić information content (AvgIpc) is 2.69. The van der Waals surface area contributed by atoms with Gasteiger partial charge in [-0.05, 0) is 44.4 Å². The molecule has 1 aliphatic carbocycles. The summed E-state index contributed by atoms with van der Waals surface area (Å²) in [5, 5.41) is 3.59. The zero-order valence-electron chi connectivity index (χ0n) is 9.37. The Hall–Kier alpha value is -1.02. The molecule has 3 N–H and O–H groups in total. The summed E-state index contributed by atoms with van der Waals surface area (Å²) < 4.78 is 0. The van der Waals surface area contributed by atoms with Crippen LogP contribution >= 0.6 is 0 Å². The third kappa shape index (κ3) is 2.51. The van der Waals surface area contributed by atoms with Crippen molar-refractivity contribution in [1.29, 1.82) is 0 Å².